The van der Waals surface area contributed by atoms with Gasteiger partial charge in [-0.2, -0.15) is 0 Å². The summed E-state index contributed by atoms with van der Waals surface area (Å²) >= 11 is 0. The van der Waals surface area contributed by atoms with Gasteiger partial charge in [-0.15, -0.1) is 6.42 Å². The van der Waals surface area contributed by atoms with Crippen LogP contribution >= 0.6 is 0 Å². The molecule has 0 aliphatic heterocycles. The molecule has 13 heavy (non-hydrogen) atoms. The average Bonchev–Trinajstić information content (AvgIpc) is 2.18. The molecule has 0 unspecified atom stereocenters. The molecule has 0 heteroatoms. The van der Waals surface area contributed by atoms with E-state index in [9.17, 15) is 0 Å². The lowest BCUT2D eigenvalue weighted by Gasteiger charge is -2.21. The Morgan fingerprint density at radius 2 is 1.92 bits per heavy atom. The third-order valence-corrected chi connectivity index (χ3v) is 2.43. The van der Waals surface area contributed by atoms with Crippen molar-refractivity contribution in [1.82, 2.24) is 0 Å². The molecule has 0 amide bonds. The third kappa shape index (κ3) is 1.92. The highest BCUT2D eigenvalue weighted by Gasteiger charge is 2.19. The summed E-state index contributed by atoms with van der Waals surface area (Å²) in [6.07, 6.45) is 6.55. The van der Waals surface area contributed by atoms with Crippen molar-refractivity contribution in [2.24, 2.45) is 0 Å². The van der Waals surface area contributed by atoms with Crippen molar-refractivity contribution in [3.8, 4) is 12.3 Å². The van der Waals surface area contributed by atoms with Crippen LogP contribution in [0.25, 0.3) is 0 Å². The van der Waals surface area contributed by atoms with E-state index >= 15 is 0 Å². The van der Waals surface area contributed by atoms with Gasteiger partial charge < -0.3 is 0 Å². The Morgan fingerprint density at radius 3 is 2.46 bits per heavy atom. The van der Waals surface area contributed by atoms with Crippen LogP contribution in [-0.2, 0) is 11.8 Å². The lowest BCUT2D eigenvalue weighted by molar-refractivity contribution is 0.688. The summed E-state index contributed by atoms with van der Waals surface area (Å²) in [5.41, 5.74) is 2.48. The number of benzene rings is 1. The number of hydrogen-bond donors (Lipinski definition) is 0. The molecule has 0 aromatic heterocycles. The van der Waals surface area contributed by atoms with Crippen LogP contribution in [0.3, 0.4) is 0 Å². The Labute approximate surface area is 81.0 Å². The number of hydrogen-bond acceptors (Lipinski definition) is 0. The van der Waals surface area contributed by atoms with E-state index in [-0.39, 0.29) is 5.41 Å². The smallest absolute Gasteiger partial charge is 0.0506 e. The fourth-order valence-electron chi connectivity index (χ4n) is 1.52. The topological polar surface area (TPSA) is 0 Å². The molecule has 1 aromatic carbocycles. The summed E-state index contributed by atoms with van der Waals surface area (Å²) in [6.45, 7) is 6.33. The third-order valence-electron chi connectivity index (χ3n) is 2.43. The van der Waals surface area contributed by atoms with Crippen LogP contribution in [0.15, 0.2) is 24.3 Å². The number of rotatable bonds is 2. The van der Waals surface area contributed by atoms with E-state index in [0.717, 1.165) is 6.42 Å². The molecule has 0 N–H and O–H groups in total. The molecular formula is C13H16. The summed E-state index contributed by atoms with van der Waals surface area (Å²) in [7, 11) is 0. The minimum Gasteiger partial charge on any atom is -0.119 e. The molecule has 68 valence electrons. The maximum absolute atomic E-state index is 5.51. The molecule has 0 bridgehead atoms. The van der Waals surface area contributed by atoms with Crippen LogP contribution in [0.4, 0.5) is 0 Å². The van der Waals surface area contributed by atoms with Crippen LogP contribution in [0.5, 0.6) is 0 Å². The highest BCUT2D eigenvalue weighted by Crippen LogP contribution is 2.25. The standard InChI is InChI=1S/C13H16/c1-5-11-9-7-8-10-12(11)13(3,4)6-2/h2,7-10H,5H2,1,3-4H3. The molecule has 0 saturated heterocycles. The molecule has 0 aliphatic rings. The zero-order valence-electron chi connectivity index (χ0n) is 8.59. The lowest BCUT2D eigenvalue weighted by atomic mass is 9.82. The van der Waals surface area contributed by atoms with E-state index < -0.39 is 0 Å². The zero-order chi connectivity index (χ0) is 9.90. The molecule has 0 atom stereocenters. The second kappa shape index (κ2) is 3.66. The van der Waals surface area contributed by atoms with Crippen LogP contribution < -0.4 is 0 Å². The van der Waals surface area contributed by atoms with Crippen LogP contribution in [0.1, 0.15) is 31.9 Å². The van der Waals surface area contributed by atoms with Gasteiger partial charge in [0.2, 0.25) is 0 Å². The summed E-state index contributed by atoms with van der Waals surface area (Å²) in [6, 6.07) is 8.38. The van der Waals surface area contributed by atoms with Crippen molar-refractivity contribution in [2.45, 2.75) is 32.6 Å². The first-order valence-electron chi connectivity index (χ1n) is 4.68. The van der Waals surface area contributed by atoms with Gasteiger partial charge in [-0.1, -0.05) is 37.1 Å². The fraction of sp³-hybridized carbons (Fsp3) is 0.385. The molecule has 0 spiro atoms. The lowest BCUT2D eigenvalue weighted by Crippen LogP contribution is -2.16. The summed E-state index contributed by atoms with van der Waals surface area (Å²) < 4.78 is 0. The Hall–Kier alpha value is -1.22. The normalized spacial score (nSPS) is 10.9. The van der Waals surface area contributed by atoms with Gasteiger partial charge in [-0.05, 0) is 31.4 Å². The predicted octanol–water partition coefficient (Wildman–Crippen LogP) is 3.16. The van der Waals surface area contributed by atoms with Crippen LogP contribution in [0.2, 0.25) is 0 Å². The van der Waals surface area contributed by atoms with E-state index in [0.29, 0.717) is 0 Å². The highest BCUT2D eigenvalue weighted by molar-refractivity contribution is 5.38. The Kier molecular flexibility index (Phi) is 2.78. The molecule has 0 radical (unpaired) electrons. The van der Waals surface area contributed by atoms with Gasteiger partial charge in [-0.25, -0.2) is 0 Å². The predicted molar refractivity (Wildman–Crippen MR) is 57.7 cm³/mol. The molecule has 0 aliphatic carbocycles. The van der Waals surface area contributed by atoms with Crippen molar-refractivity contribution in [2.75, 3.05) is 0 Å². The molecule has 0 fully saturated rings. The minimum atomic E-state index is -0.146. The minimum absolute atomic E-state index is 0.146. The van der Waals surface area contributed by atoms with Gasteiger partial charge in [0.15, 0.2) is 0 Å². The Bertz CT molecular complexity index is 326. The van der Waals surface area contributed by atoms with Gasteiger partial charge in [-0.3, -0.25) is 0 Å². The first-order chi connectivity index (χ1) is 6.11. The molecule has 0 nitrogen and oxygen atoms in total. The van der Waals surface area contributed by atoms with Gasteiger partial charge >= 0.3 is 0 Å². The molecular weight excluding hydrogens is 156 g/mol. The average molecular weight is 172 g/mol. The largest absolute Gasteiger partial charge is 0.119 e. The quantitative estimate of drug-likeness (QED) is 0.601. The van der Waals surface area contributed by atoms with E-state index in [1.807, 2.05) is 6.07 Å². The van der Waals surface area contributed by atoms with Gasteiger partial charge in [0.05, 0.1) is 5.41 Å². The number of terminal acetylenes is 1. The fourth-order valence-corrected chi connectivity index (χ4v) is 1.52. The van der Waals surface area contributed by atoms with E-state index in [4.69, 9.17) is 6.42 Å². The van der Waals surface area contributed by atoms with Crippen molar-refractivity contribution in [3.63, 3.8) is 0 Å². The van der Waals surface area contributed by atoms with Crippen molar-refractivity contribution in [1.29, 1.82) is 0 Å². The zero-order valence-corrected chi connectivity index (χ0v) is 8.59. The van der Waals surface area contributed by atoms with E-state index in [2.05, 4.69) is 44.9 Å². The second-order valence-corrected chi connectivity index (χ2v) is 3.78. The maximum Gasteiger partial charge on any atom is 0.0506 e. The highest BCUT2D eigenvalue weighted by atomic mass is 14.2. The SMILES string of the molecule is C#CC(C)(C)c1ccccc1CC. The monoisotopic (exact) mass is 172 g/mol. The summed E-state index contributed by atoms with van der Waals surface area (Å²) in [5.74, 6) is 2.83. The first-order valence-corrected chi connectivity index (χ1v) is 4.68. The summed E-state index contributed by atoms with van der Waals surface area (Å²) in [5, 5.41) is 0. The van der Waals surface area contributed by atoms with Gasteiger partial charge in [0, 0.05) is 0 Å². The van der Waals surface area contributed by atoms with Crippen LogP contribution in [0, 0.1) is 12.3 Å². The second-order valence-electron chi connectivity index (χ2n) is 3.78. The van der Waals surface area contributed by atoms with Gasteiger partial charge in [0.1, 0.15) is 0 Å². The molecule has 0 saturated carbocycles. The van der Waals surface area contributed by atoms with E-state index in [1.54, 1.807) is 0 Å². The molecule has 1 aromatic rings. The van der Waals surface area contributed by atoms with Crippen molar-refractivity contribution >= 4 is 0 Å². The maximum atomic E-state index is 5.51. The van der Waals surface area contributed by atoms with Crippen LogP contribution in [-0.4, -0.2) is 0 Å². The molecule has 0 heterocycles. The molecule has 1 rings (SSSR count). The van der Waals surface area contributed by atoms with E-state index in [1.165, 1.54) is 11.1 Å². The Balaban J connectivity index is 3.22. The van der Waals surface area contributed by atoms with Crippen molar-refractivity contribution in [3.05, 3.63) is 35.4 Å². The number of aryl methyl sites for hydroxylation is 1. The van der Waals surface area contributed by atoms with Gasteiger partial charge in [0.25, 0.3) is 0 Å². The Morgan fingerprint density at radius 1 is 1.31 bits per heavy atom. The summed E-state index contributed by atoms with van der Waals surface area (Å²) in [4.78, 5) is 0. The first kappa shape index (κ1) is 9.86. The van der Waals surface area contributed by atoms with Crippen molar-refractivity contribution < 1.29 is 0 Å².